The Balaban J connectivity index is 2.77. The van der Waals surface area contributed by atoms with Crippen molar-refractivity contribution in [2.45, 2.75) is 13.0 Å². The first-order valence-electron chi connectivity index (χ1n) is 5.63. The van der Waals surface area contributed by atoms with Crippen LogP contribution in [0.1, 0.15) is 17.3 Å². The molecule has 1 atom stereocenters. The largest absolute Gasteiger partial charge is 0.497 e. The number of ether oxygens (including phenoxy) is 2. The van der Waals surface area contributed by atoms with E-state index in [2.05, 4.69) is 10.1 Å². The van der Waals surface area contributed by atoms with Crippen molar-refractivity contribution < 1.29 is 19.1 Å². The monoisotopic (exact) mass is 262 g/mol. The van der Waals surface area contributed by atoms with Crippen molar-refractivity contribution in [1.82, 2.24) is 5.32 Å². The van der Waals surface area contributed by atoms with E-state index in [1.165, 1.54) is 13.2 Å². The van der Waals surface area contributed by atoms with Crippen LogP contribution in [0.4, 0.5) is 0 Å². The molecule has 0 spiro atoms. The van der Waals surface area contributed by atoms with E-state index >= 15 is 0 Å². The van der Waals surface area contributed by atoms with Crippen molar-refractivity contribution in [3.05, 3.63) is 29.8 Å². The molecular weight excluding hydrogens is 248 g/mol. The van der Waals surface area contributed by atoms with Gasteiger partial charge in [-0.15, -0.1) is 0 Å². The van der Waals surface area contributed by atoms with Gasteiger partial charge in [-0.2, -0.15) is 5.26 Å². The summed E-state index contributed by atoms with van der Waals surface area (Å²) in [5.41, 5.74) is 0.295. The number of benzene rings is 1. The Kier molecular flexibility index (Phi) is 5.35. The fourth-order valence-corrected chi connectivity index (χ4v) is 1.35. The lowest BCUT2D eigenvalue weighted by molar-refractivity contribution is -0.143. The number of rotatable bonds is 5. The minimum Gasteiger partial charge on any atom is -0.497 e. The van der Waals surface area contributed by atoms with Crippen LogP contribution in [0, 0.1) is 11.3 Å². The standard InChI is InChI=1S/C13H14N2O4/c1-3-19-13(17)11(8-14)15-12(16)9-5-4-6-10(7-9)18-2/h4-7,11H,3H2,1-2H3,(H,15,16). The quantitative estimate of drug-likeness (QED) is 0.796. The van der Waals surface area contributed by atoms with Crippen LogP contribution in [-0.2, 0) is 9.53 Å². The highest BCUT2D eigenvalue weighted by molar-refractivity contribution is 5.97. The maximum Gasteiger partial charge on any atom is 0.343 e. The molecule has 1 aromatic carbocycles. The van der Waals surface area contributed by atoms with Gasteiger partial charge >= 0.3 is 5.97 Å². The Morgan fingerprint density at radius 1 is 1.47 bits per heavy atom. The van der Waals surface area contributed by atoms with Gasteiger partial charge in [-0.05, 0) is 25.1 Å². The predicted octanol–water partition coefficient (Wildman–Crippen LogP) is 0.880. The van der Waals surface area contributed by atoms with Crippen LogP contribution in [0.5, 0.6) is 5.75 Å². The van der Waals surface area contributed by atoms with Gasteiger partial charge in [0.25, 0.3) is 5.91 Å². The van der Waals surface area contributed by atoms with Crippen molar-refractivity contribution in [3.63, 3.8) is 0 Å². The molecule has 19 heavy (non-hydrogen) atoms. The molecule has 100 valence electrons. The fourth-order valence-electron chi connectivity index (χ4n) is 1.35. The van der Waals surface area contributed by atoms with Crippen LogP contribution in [0.2, 0.25) is 0 Å². The van der Waals surface area contributed by atoms with Crippen molar-refractivity contribution in [2.24, 2.45) is 0 Å². The summed E-state index contributed by atoms with van der Waals surface area (Å²) in [6.07, 6.45) is 0. The molecule has 1 N–H and O–H groups in total. The fraction of sp³-hybridized carbons (Fsp3) is 0.308. The number of esters is 1. The third kappa shape index (κ3) is 4.00. The first-order valence-corrected chi connectivity index (χ1v) is 5.63. The molecule has 0 radical (unpaired) electrons. The van der Waals surface area contributed by atoms with Crippen LogP contribution in [0.3, 0.4) is 0 Å². The van der Waals surface area contributed by atoms with E-state index in [1.54, 1.807) is 31.2 Å². The maximum absolute atomic E-state index is 11.9. The molecule has 1 amide bonds. The summed E-state index contributed by atoms with van der Waals surface area (Å²) in [5, 5.41) is 11.1. The molecule has 0 aliphatic heterocycles. The van der Waals surface area contributed by atoms with Gasteiger partial charge in [-0.25, -0.2) is 4.79 Å². The molecule has 6 heteroatoms. The Morgan fingerprint density at radius 3 is 2.79 bits per heavy atom. The minimum absolute atomic E-state index is 0.145. The van der Waals surface area contributed by atoms with E-state index < -0.39 is 17.9 Å². The van der Waals surface area contributed by atoms with Crippen molar-refractivity contribution in [1.29, 1.82) is 5.26 Å². The summed E-state index contributed by atoms with van der Waals surface area (Å²) in [7, 11) is 1.48. The zero-order chi connectivity index (χ0) is 14.3. The lowest BCUT2D eigenvalue weighted by atomic mass is 10.2. The molecule has 0 aliphatic rings. The number of methoxy groups -OCH3 is 1. The number of nitrogens with zero attached hydrogens (tertiary/aromatic N) is 1. The summed E-state index contributed by atoms with van der Waals surface area (Å²) in [5.74, 6) is -0.808. The van der Waals surface area contributed by atoms with Crippen LogP contribution in [-0.4, -0.2) is 31.6 Å². The van der Waals surface area contributed by atoms with Gasteiger partial charge in [-0.3, -0.25) is 4.79 Å². The number of carbonyl (C=O) groups is 2. The molecule has 0 fully saturated rings. The van der Waals surface area contributed by atoms with Crippen LogP contribution in [0.25, 0.3) is 0 Å². The highest BCUT2D eigenvalue weighted by atomic mass is 16.5. The maximum atomic E-state index is 11.9. The number of carbonyl (C=O) groups excluding carboxylic acids is 2. The zero-order valence-electron chi connectivity index (χ0n) is 10.7. The average Bonchev–Trinajstić information content (AvgIpc) is 2.44. The van der Waals surface area contributed by atoms with Crippen LogP contribution >= 0.6 is 0 Å². The van der Waals surface area contributed by atoms with Crippen molar-refractivity contribution >= 4 is 11.9 Å². The predicted molar refractivity (Wildman–Crippen MR) is 66.5 cm³/mol. The number of amides is 1. The molecule has 0 heterocycles. The smallest absolute Gasteiger partial charge is 0.343 e. The number of nitrogens with one attached hydrogen (secondary N) is 1. The molecule has 1 rings (SSSR count). The highest BCUT2D eigenvalue weighted by Crippen LogP contribution is 2.12. The lowest BCUT2D eigenvalue weighted by Gasteiger charge is -2.11. The van der Waals surface area contributed by atoms with Gasteiger partial charge in [0.15, 0.2) is 0 Å². The molecule has 6 nitrogen and oxygen atoms in total. The van der Waals surface area contributed by atoms with E-state index in [1.807, 2.05) is 0 Å². The molecule has 0 saturated carbocycles. The number of nitriles is 1. The first-order chi connectivity index (χ1) is 9.12. The van der Waals surface area contributed by atoms with Crippen LogP contribution in [0.15, 0.2) is 24.3 Å². The molecule has 1 aromatic rings. The second kappa shape index (κ2) is 7.01. The van der Waals surface area contributed by atoms with E-state index in [4.69, 9.17) is 10.00 Å². The normalized spacial score (nSPS) is 11.0. The SMILES string of the molecule is CCOC(=O)C(C#N)NC(=O)c1cccc(OC)c1. The number of hydrogen-bond donors (Lipinski definition) is 1. The lowest BCUT2D eigenvalue weighted by Crippen LogP contribution is -2.40. The second-order valence-electron chi connectivity index (χ2n) is 3.52. The Bertz CT molecular complexity index is 508. The third-order valence-corrected chi connectivity index (χ3v) is 2.26. The van der Waals surface area contributed by atoms with Crippen LogP contribution < -0.4 is 10.1 Å². The third-order valence-electron chi connectivity index (χ3n) is 2.26. The Labute approximate surface area is 110 Å². The summed E-state index contributed by atoms with van der Waals surface area (Å²) < 4.78 is 9.66. The van der Waals surface area contributed by atoms with Gasteiger partial charge in [0.05, 0.1) is 19.8 Å². The van der Waals surface area contributed by atoms with Gasteiger partial charge in [-0.1, -0.05) is 6.07 Å². The topological polar surface area (TPSA) is 88.4 Å². The van der Waals surface area contributed by atoms with Gasteiger partial charge in [0.1, 0.15) is 5.75 Å². The summed E-state index contributed by atoms with van der Waals surface area (Å²) in [6.45, 7) is 1.77. The van der Waals surface area contributed by atoms with E-state index in [0.29, 0.717) is 11.3 Å². The minimum atomic E-state index is -1.32. The molecule has 0 saturated heterocycles. The van der Waals surface area contributed by atoms with Gasteiger partial charge in [0.2, 0.25) is 6.04 Å². The molecule has 0 bridgehead atoms. The Morgan fingerprint density at radius 2 is 2.21 bits per heavy atom. The first kappa shape index (κ1) is 14.5. The molecule has 1 unspecified atom stereocenters. The summed E-state index contributed by atoms with van der Waals surface area (Å²) in [4.78, 5) is 23.2. The average molecular weight is 262 g/mol. The molecule has 0 aliphatic carbocycles. The van der Waals surface area contributed by atoms with Gasteiger partial charge < -0.3 is 14.8 Å². The zero-order valence-corrected chi connectivity index (χ0v) is 10.7. The summed E-state index contributed by atoms with van der Waals surface area (Å²) >= 11 is 0. The number of hydrogen-bond acceptors (Lipinski definition) is 5. The van der Waals surface area contributed by atoms with E-state index in [9.17, 15) is 9.59 Å². The molecule has 0 aromatic heterocycles. The van der Waals surface area contributed by atoms with Crippen molar-refractivity contribution in [2.75, 3.05) is 13.7 Å². The van der Waals surface area contributed by atoms with E-state index in [0.717, 1.165) is 0 Å². The van der Waals surface area contributed by atoms with Crippen molar-refractivity contribution in [3.8, 4) is 11.8 Å². The molecular formula is C13H14N2O4. The highest BCUT2D eigenvalue weighted by Gasteiger charge is 2.22. The van der Waals surface area contributed by atoms with Gasteiger partial charge in [0, 0.05) is 5.56 Å². The second-order valence-corrected chi connectivity index (χ2v) is 3.52. The Hall–Kier alpha value is -2.55. The van der Waals surface area contributed by atoms with E-state index in [-0.39, 0.29) is 6.61 Å². The summed E-state index contributed by atoms with van der Waals surface area (Å²) in [6, 6.07) is 6.74.